The Bertz CT molecular complexity index is 1300. The second-order valence-electron chi connectivity index (χ2n) is 10.1. The summed E-state index contributed by atoms with van der Waals surface area (Å²) in [4.78, 5) is 15.0. The van der Waals surface area contributed by atoms with E-state index in [1.807, 2.05) is 60.7 Å². The predicted molar refractivity (Wildman–Crippen MR) is 151 cm³/mol. The Morgan fingerprint density at radius 3 is 2.00 bits per heavy atom. The van der Waals surface area contributed by atoms with Gasteiger partial charge in [0.25, 0.3) is 0 Å². The second kappa shape index (κ2) is 12.2. The van der Waals surface area contributed by atoms with Gasteiger partial charge in [0.15, 0.2) is 0 Å². The topological polar surface area (TPSA) is 70.0 Å². The molecule has 5 heteroatoms. The second-order valence-corrected chi connectivity index (χ2v) is 10.1. The fraction of sp³-hybridized carbons (Fsp3) is 0.424. The highest BCUT2D eigenvalue weighted by molar-refractivity contribution is 5.82. The van der Waals surface area contributed by atoms with Crippen LogP contribution in [-0.4, -0.2) is 47.8 Å². The first-order chi connectivity index (χ1) is 20.8. The normalized spacial score (nSPS) is 19.2. The van der Waals surface area contributed by atoms with Crippen molar-refractivity contribution in [3.8, 4) is 0 Å². The third kappa shape index (κ3) is 6.01. The van der Waals surface area contributed by atoms with Crippen LogP contribution in [0.1, 0.15) is 76.0 Å². The van der Waals surface area contributed by atoms with Gasteiger partial charge in [-0.3, -0.25) is 4.79 Å². The first-order valence-electron chi connectivity index (χ1n) is 16.2. The number of hydrogen-bond donors (Lipinski definition) is 2. The smallest absolute Gasteiger partial charge is 0.315 e. The Morgan fingerprint density at radius 2 is 1.50 bits per heavy atom. The van der Waals surface area contributed by atoms with Crippen LogP contribution in [0.3, 0.4) is 0 Å². The summed E-state index contributed by atoms with van der Waals surface area (Å²) in [6.45, 7) is -4.00. The molecule has 1 aliphatic heterocycles. The van der Waals surface area contributed by atoms with Crippen LogP contribution in [0, 0.1) is 5.92 Å². The highest BCUT2D eigenvalue weighted by Gasteiger charge is 2.41. The van der Waals surface area contributed by atoms with E-state index < -0.39 is 36.8 Å². The van der Waals surface area contributed by atoms with Crippen LogP contribution in [0.2, 0.25) is 0 Å². The maximum atomic E-state index is 12.6. The van der Waals surface area contributed by atoms with Gasteiger partial charge in [-0.1, -0.05) is 84.9 Å². The first kappa shape index (κ1) is 20.9. The van der Waals surface area contributed by atoms with Crippen LogP contribution < -0.4 is 0 Å². The lowest BCUT2D eigenvalue weighted by molar-refractivity contribution is -0.146. The van der Waals surface area contributed by atoms with Crippen molar-refractivity contribution < 1.29 is 28.0 Å². The van der Waals surface area contributed by atoms with Crippen LogP contribution in [0.15, 0.2) is 84.9 Å². The Morgan fingerprint density at radius 1 is 0.947 bits per heavy atom. The Labute approximate surface area is 235 Å². The fourth-order valence-corrected chi connectivity index (χ4v) is 5.50. The Hall–Kier alpha value is -2.99. The quantitative estimate of drug-likeness (QED) is 0.340. The van der Waals surface area contributed by atoms with Crippen LogP contribution >= 0.6 is 0 Å². The number of carbonyl (C=O) groups excluding carboxylic acids is 1. The van der Waals surface area contributed by atoms with E-state index >= 15 is 0 Å². The monoisotopic (exact) mass is 521 g/mol. The number of aliphatic hydroxyl groups excluding tert-OH is 1. The first-order valence-corrected chi connectivity index (χ1v) is 13.2. The third-order valence-corrected chi connectivity index (χ3v) is 7.78. The maximum absolute atomic E-state index is 12.6. The van der Waals surface area contributed by atoms with E-state index in [1.165, 1.54) is 24.3 Å². The highest BCUT2D eigenvalue weighted by Crippen LogP contribution is 2.42. The molecule has 0 aliphatic carbocycles. The van der Waals surface area contributed by atoms with Crippen LogP contribution in [0.4, 0.5) is 0 Å². The fourth-order valence-electron chi connectivity index (χ4n) is 5.50. The number of benzene rings is 3. The predicted octanol–water partition coefficient (Wildman–Crippen LogP) is 5.60. The average molecular weight is 522 g/mol. The van der Waals surface area contributed by atoms with Crippen LogP contribution in [-0.2, 0) is 20.5 Å². The number of carbonyl (C=O) groups is 1. The number of aliphatic hydroxyl groups is 2. The van der Waals surface area contributed by atoms with Gasteiger partial charge in [0.05, 0.1) is 18.6 Å². The highest BCUT2D eigenvalue weighted by atomic mass is 16.5. The van der Waals surface area contributed by atoms with Gasteiger partial charge in [-0.15, -0.1) is 0 Å². The number of piperidine rings is 1. The van der Waals surface area contributed by atoms with Crippen LogP contribution in [0.25, 0.3) is 0 Å². The van der Waals surface area contributed by atoms with E-state index in [4.69, 9.17) is 8.22 Å². The number of likely N-dealkylation sites (tertiary alicyclic amines) is 1. The summed E-state index contributed by atoms with van der Waals surface area (Å²) in [6, 6.07) is 25.1. The zero-order chi connectivity index (χ0) is 32.2. The molecule has 1 unspecified atom stereocenters. The summed E-state index contributed by atoms with van der Waals surface area (Å²) in [7, 11) is 0.960. The molecule has 2 N–H and O–H groups in total. The van der Waals surface area contributed by atoms with Crippen molar-refractivity contribution in [3.05, 3.63) is 107 Å². The van der Waals surface area contributed by atoms with E-state index in [0.717, 1.165) is 50.7 Å². The summed E-state index contributed by atoms with van der Waals surface area (Å²) in [5, 5.41) is 23.0. The maximum Gasteiger partial charge on any atom is 0.315 e. The Kier molecular flexibility index (Phi) is 6.74. The molecule has 1 heterocycles. The van der Waals surface area contributed by atoms with Gasteiger partial charge >= 0.3 is 5.97 Å². The molecule has 4 rings (SSSR count). The number of esters is 1. The number of rotatable bonds is 10. The SMILES string of the molecule is [2H]C([2H])([2H])C(C(=O)OC)(c1ccc(C(O)CCCN2CCC(C(O)(c3ccccc3)c3ccccc3)CC2)cc1)C([2H])([2H])[2H]. The molecular formula is C33H41NO4. The van der Waals surface area contributed by atoms with Crippen molar-refractivity contribution in [2.24, 2.45) is 5.92 Å². The molecule has 3 aromatic rings. The minimum atomic E-state index is -3.20. The lowest BCUT2D eigenvalue weighted by Gasteiger charge is -2.42. The van der Waals surface area contributed by atoms with Crippen molar-refractivity contribution in [2.75, 3.05) is 26.7 Å². The van der Waals surface area contributed by atoms with Gasteiger partial charge in [-0.05, 0) is 87.2 Å². The number of hydrogen-bond acceptors (Lipinski definition) is 5. The molecule has 5 nitrogen and oxygen atoms in total. The molecule has 0 aromatic heterocycles. The molecule has 0 radical (unpaired) electrons. The number of methoxy groups -OCH3 is 1. The molecule has 38 heavy (non-hydrogen) atoms. The van der Waals surface area contributed by atoms with Gasteiger partial charge < -0.3 is 19.8 Å². The van der Waals surface area contributed by atoms with Crippen LogP contribution in [0.5, 0.6) is 0 Å². The lowest BCUT2D eigenvalue weighted by Crippen LogP contribution is -2.44. The molecule has 0 saturated carbocycles. The molecular weight excluding hydrogens is 474 g/mol. The zero-order valence-corrected chi connectivity index (χ0v) is 21.8. The van der Waals surface area contributed by atoms with Crippen molar-refractivity contribution >= 4 is 5.97 Å². The summed E-state index contributed by atoms with van der Waals surface area (Å²) >= 11 is 0. The molecule has 202 valence electrons. The molecule has 0 bridgehead atoms. The van der Waals surface area contributed by atoms with Gasteiger partial charge in [-0.25, -0.2) is 0 Å². The van der Waals surface area contributed by atoms with Gasteiger partial charge in [0, 0.05) is 8.22 Å². The van der Waals surface area contributed by atoms with Gasteiger partial charge in [0.1, 0.15) is 5.60 Å². The van der Waals surface area contributed by atoms with E-state index in [-0.39, 0.29) is 11.5 Å². The van der Waals surface area contributed by atoms with Crippen molar-refractivity contribution in [1.82, 2.24) is 4.90 Å². The standard InChI is InChI=1S/C33H41NO4/c1-32(2,31(36)38-3)26-18-16-25(17-19-26)30(35)15-10-22-34-23-20-29(21-24-34)33(37,27-11-6-4-7-12-27)28-13-8-5-9-14-28/h4-9,11-14,16-19,29-30,35,37H,10,15,20-24H2,1-3H3/i1D3,2D3. The minimum absolute atomic E-state index is 0.0505. The van der Waals surface area contributed by atoms with Crippen molar-refractivity contribution in [2.45, 2.75) is 56.5 Å². The number of nitrogens with zero attached hydrogens (tertiary/aromatic N) is 1. The average Bonchev–Trinajstić information content (AvgIpc) is 3.01. The largest absolute Gasteiger partial charge is 0.468 e. The zero-order valence-electron chi connectivity index (χ0n) is 27.8. The van der Waals surface area contributed by atoms with E-state index in [0.29, 0.717) is 18.4 Å². The molecule has 1 aliphatic rings. The summed E-state index contributed by atoms with van der Waals surface area (Å²) < 4.78 is 52.2. The van der Waals surface area contributed by atoms with E-state index in [2.05, 4.69) is 9.64 Å². The van der Waals surface area contributed by atoms with Crippen molar-refractivity contribution in [3.63, 3.8) is 0 Å². The van der Waals surface area contributed by atoms with Gasteiger partial charge in [0.2, 0.25) is 0 Å². The van der Waals surface area contributed by atoms with E-state index in [1.54, 1.807) is 0 Å². The van der Waals surface area contributed by atoms with Crippen molar-refractivity contribution in [1.29, 1.82) is 0 Å². The molecule has 0 spiro atoms. The summed E-state index contributed by atoms with van der Waals surface area (Å²) in [5.74, 6) is -1.31. The molecule has 1 saturated heterocycles. The number of ether oxygens (including phenoxy) is 1. The minimum Gasteiger partial charge on any atom is -0.468 e. The molecule has 3 aromatic carbocycles. The summed E-state index contributed by atoms with van der Waals surface area (Å²) in [5.41, 5.74) is -1.87. The Balaban J connectivity index is 1.37. The summed E-state index contributed by atoms with van der Waals surface area (Å²) in [6.07, 6.45) is 1.93. The van der Waals surface area contributed by atoms with E-state index in [9.17, 15) is 15.0 Å². The molecule has 1 atom stereocenters. The third-order valence-electron chi connectivity index (χ3n) is 7.78. The molecule has 0 amide bonds. The lowest BCUT2D eigenvalue weighted by atomic mass is 9.72. The molecule has 1 fully saturated rings. The van der Waals surface area contributed by atoms with Gasteiger partial charge in [-0.2, -0.15) is 0 Å².